The molecule has 1 aromatic carbocycles. The molecule has 1 atom stereocenters. The second-order valence-electron chi connectivity index (χ2n) is 5.18. The van der Waals surface area contributed by atoms with Crippen LogP contribution in [0.15, 0.2) is 18.2 Å². The van der Waals surface area contributed by atoms with E-state index in [1.54, 1.807) is 11.8 Å². The lowest BCUT2D eigenvalue weighted by Crippen LogP contribution is -2.48. The Kier molecular flexibility index (Phi) is 3.75. The second kappa shape index (κ2) is 5.17. The summed E-state index contributed by atoms with van der Waals surface area (Å²) in [5, 5.41) is 9.99. The normalized spacial score (nSPS) is 23.3. The van der Waals surface area contributed by atoms with Crippen molar-refractivity contribution in [1.82, 2.24) is 4.90 Å². The molecule has 0 aromatic heterocycles. The van der Waals surface area contributed by atoms with E-state index in [2.05, 4.69) is 0 Å². The van der Waals surface area contributed by atoms with Gasteiger partial charge in [0.05, 0.1) is 12.7 Å². The van der Waals surface area contributed by atoms with Crippen LogP contribution in [0.4, 0.5) is 4.39 Å². The largest absolute Gasteiger partial charge is 0.494 e. The van der Waals surface area contributed by atoms with Crippen molar-refractivity contribution in [2.45, 2.75) is 25.4 Å². The average molecular weight is 267 g/mol. The fraction of sp³-hybridized carbons (Fsp3) is 0.500. The molecule has 1 fully saturated rings. The van der Waals surface area contributed by atoms with Gasteiger partial charge in [-0.2, -0.15) is 0 Å². The molecule has 1 aliphatic heterocycles. The number of β-amino-alcohol motifs (C(OH)–C–C–N with tert-alkyl or cyclic N) is 1. The Morgan fingerprint density at radius 1 is 1.53 bits per heavy atom. The molecule has 1 saturated heterocycles. The Bertz CT molecular complexity index is 488. The van der Waals surface area contributed by atoms with Crippen molar-refractivity contribution in [2.24, 2.45) is 0 Å². The number of carbonyl (C=O) groups excluding carboxylic acids is 1. The molecule has 1 heterocycles. The molecule has 1 N–H and O–H groups in total. The Labute approximate surface area is 111 Å². The van der Waals surface area contributed by atoms with Gasteiger partial charge in [0, 0.05) is 18.7 Å². The first-order chi connectivity index (χ1) is 8.93. The fourth-order valence-electron chi connectivity index (χ4n) is 2.38. The topological polar surface area (TPSA) is 49.8 Å². The van der Waals surface area contributed by atoms with E-state index in [0.29, 0.717) is 13.0 Å². The summed E-state index contributed by atoms with van der Waals surface area (Å²) in [4.78, 5) is 13.8. The predicted molar refractivity (Wildman–Crippen MR) is 68.7 cm³/mol. The van der Waals surface area contributed by atoms with Crippen LogP contribution in [0.2, 0.25) is 0 Å². The highest BCUT2D eigenvalue weighted by molar-refractivity contribution is 5.94. The summed E-state index contributed by atoms with van der Waals surface area (Å²) in [7, 11) is 1.38. The molecule has 0 radical (unpaired) electrons. The number of nitrogens with zero attached hydrogens (tertiary/aromatic N) is 1. The first-order valence-electron chi connectivity index (χ1n) is 6.28. The molecule has 5 heteroatoms. The molecule has 2 rings (SSSR count). The van der Waals surface area contributed by atoms with Crippen molar-refractivity contribution in [3.63, 3.8) is 0 Å². The number of hydrogen-bond acceptors (Lipinski definition) is 3. The number of benzene rings is 1. The third-order valence-corrected chi connectivity index (χ3v) is 3.36. The molecule has 1 aromatic rings. The highest BCUT2D eigenvalue weighted by Gasteiger charge is 2.31. The van der Waals surface area contributed by atoms with E-state index in [1.165, 1.54) is 25.3 Å². The molecule has 0 bridgehead atoms. The average Bonchev–Trinajstić information content (AvgIpc) is 2.36. The quantitative estimate of drug-likeness (QED) is 0.889. The lowest BCUT2D eigenvalue weighted by Gasteiger charge is -2.36. The van der Waals surface area contributed by atoms with Crippen LogP contribution < -0.4 is 4.74 Å². The van der Waals surface area contributed by atoms with E-state index >= 15 is 0 Å². The van der Waals surface area contributed by atoms with E-state index in [4.69, 9.17) is 4.74 Å². The zero-order valence-electron chi connectivity index (χ0n) is 11.1. The zero-order chi connectivity index (χ0) is 14.0. The third kappa shape index (κ3) is 3.04. The van der Waals surface area contributed by atoms with E-state index in [0.717, 1.165) is 6.42 Å². The first-order valence-corrected chi connectivity index (χ1v) is 6.28. The summed E-state index contributed by atoms with van der Waals surface area (Å²) >= 11 is 0. The molecule has 19 heavy (non-hydrogen) atoms. The number of halogens is 1. The molecule has 4 nitrogen and oxygen atoms in total. The first kappa shape index (κ1) is 13.8. The van der Waals surface area contributed by atoms with Gasteiger partial charge in [-0.3, -0.25) is 4.79 Å². The van der Waals surface area contributed by atoms with Crippen molar-refractivity contribution in [3.8, 4) is 5.75 Å². The van der Waals surface area contributed by atoms with E-state index in [1.807, 2.05) is 0 Å². The van der Waals surface area contributed by atoms with E-state index < -0.39 is 11.4 Å². The number of likely N-dealkylation sites (tertiary alicyclic amines) is 1. The smallest absolute Gasteiger partial charge is 0.254 e. The van der Waals surface area contributed by atoms with Crippen molar-refractivity contribution in [3.05, 3.63) is 29.6 Å². The summed E-state index contributed by atoms with van der Waals surface area (Å²) in [5.74, 6) is -0.708. The maximum atomic E-state index is 13.6. The Hall–Kier alpha value is -1.62. The van der Waals surface area contributed by atoms with Crippen LogP contribution >= 0.6 is 0 Å². The fourth-order valence-corrected chi connectivity index (χ4v) is 2.38. The van der Waals surface area contributed by atoms with Crippen molar-refractivity contribution >= 4 is 5.91 Å². The van der Waals surface area contributed by atoms with Crippen molar-refractivity contribution in [1.29, 1.82) is 0 Å². The summed E-state index contributed by atoms with van der Waals surface area (Å²) in [5.41, 5.74) is -0.588. The maximum Gasteiger partial charge on any atom is 0.254 e. The van der Waals surface area contributed by atoms with Gasteiger partial charge in [-0.15, -0.1) is 0 Å². The second-order valence-corrected chi connectivity index (χ2v) is 5.18. The minimum absolute atomic E-state index is 0.113. The van der Waals surface area contributed by atoms with Crippen molar-refractivity contribution < 1.29 is 19.0 Å². The Balaban J connectivity index is 2.17. The molecular weight excluding hydrogens is 249 g/mol. The summed E-state index contributed by atoms with van der Waals surface area (Å²) < 4.78 is 18.4. The van der Waals surface area contributed by atoms with Gasteiger partial charge in [0.15, 0.2) is 11.6 Å². The number of aliphatic hydroxyl groups is 1. The van der Waals surface area contributed by atoms with Gasteiger partial charge in [0.2, 0.25) is 0 Å². The van der Waals surface area contributed by atoms with Crippen LogP contribution in [0.3, 0.4) is 0 Å². The number of methoxy groups -OCH3 is 1. The standard InChI is InChI=1S/C14H18FNO3/c1-14(18)6-3-7-16(9-14)13(17)10-4-5-12(19-2)11(15)8-10/h4-5,8,18H,3,6-7,9H2,1-2H3. The Morgan fingerprint density at radius 2 is 2.26 bits per heavy atom. The van der Waals surface area contributed by atoms with Crippen LogP contribution in [0.5, 0.6) is 5.75 Å². The monoisotopic (exact) mass is 267 g/mol. The van der Waals surface area contributed by atoms with Gasteiger partial charge >= 0.3 is 0 Å². The molecule has 0 saturated carbocycles. The lowest BCUT2D eigenvalue weighted by atomic mass is 9.94. The van der Waals surface area contributed by atoms with Crippen LogP contribution in [-0.2, 0) is 0 Å². The Morgan fingerprint density at radius 3 is 2.84 bits per heavy atom. The number of carbonyl (C=O) groups is 1. The number of amides is 1. The van der Waals surface area contributed by atoms with Crippen LogP contribution in [-0.4, -0.2) is 41.7 Å². The van der Waals surface area contributed by atoms with Crippen molar-refractivity contribution in [2.75, 3.05) is 20.2 Å². The minimum Gasteiger partial charge on any atom is -0.494 e. The number of hydrogen-bond donors (Lipinski definition) is 1. The number of piperidine rings is 1. The minimum atomic E-state index is -0.862. The molecule has 0 spiro atoms. The third-order valence-electron chi connectivity index (χ3n) is 3.36. The molecule has 1 aliphatic rings. The van der Waals surface area contributed by atoms with Gasteiger partial charge in [-0.05, 0) is 38.0 Å². The lowest BCUT2D eigenvalue weighted by molar-refractivity contribution is -0.0107. The summed E-state index contributed by atoms with van der Waals surface area (Å²) in [6.45, 7) is 2.57. The van der Waals surface area contributed by atoms with Gasteiger partial charge in [0.25, 0.3) is 5.91 Å². The summed E-state index contributed by atoms with van der Waals surface area (Å²) in [6, 6.07) is 4.14. The molecular formula is C14H18FNO3. The van der Waals surface area contributed by atoms with Crippen LogP contribution in [0, 0.1) is 5.82 Å². The molecule has 104 valence electrons. The summed E-state index contributed by atoms with van der Waals surface area (Å²) in [6.07, 6.45) is 1.42. The molecule has 1 amide bonds. The van der Waals surface area contributed by atoms with Gasteiger partial charge in [0.1, 0.15) is 0 Å². The highest BCUT2D eigenvalue weighted by atomic mass is 19.1. The van der Waals surface area contributed by atoms with Gasteiger partial charge in [-0.1, -0.05) is 0 Å². The predicted octanol–water partition coefficient (Wildman–Crippen LogP) is 1.82. The van der Waals surface area contributed by atoms with Gasteiger partial charge < -0.3 is 14.7 Å². The van der Waals surface area contributed by atoms with E-state index in [9.17, 15) is 14.3 Å². The highest BCUT2D eigenvalue weighted by Crippen LogP contribution is 2.23. The van der Waals surface area contributed by atoms with Crippen LogP contribution in [0.25, 0.3) is 0 Å². The molecule has 0 aliphatic carbocycles. The maximum absolute atomic E-state index is 13.6. The van der Waals surface area contributed by atoms with Crippen LogP contribution in [0.1, 0.15) is 30.1 Å². The zero-order valence-corrected chi connectivity index (χ0v) is 11.1. The SMILES string of the molecule is COc1ccc(C(=O)N2CCCC(C)(O)C2)cc1F. The van der Waals surface area contributed by atoms with E-state index in [-0.39, 0.29) is 23.8 Å². The van der Waals surface area contributed by atoms with Gasteiger partial charge in [-0.25, -0.2) is 4.39 Å². The number of ether oxygens (including phenoxy) is 1. The molecule has 1 unspecified atom stereocenters. The number of rotatable bonds is 2.